The van der Waals surface area contributed by atoms with E-state index >= 15 is 0 Å². The predicted molar refractivity (Wildman–Crippen MR) is 82.4 cm³/mol. The third-order valence-corrected chi connectivity index (χ3v) is 3.78. The van der Waals surface area contributed by atoms with Crippen LogP contribution in [0.2, 0.25) is 0 Å². The highest BCUT2D eigenvalue weighted by atomic mass is 15.5. The van der Waals surface area contributed by atoms with Gasteiger partial charge in [-0.3, -0.25) is 4.68 Å². The molecule has 0 aliphatic heterocycles. The maximum atomic E-state index is 4.28. The van der Waals surface area contributed by atoms with Gasteiger partial charge in [-0.15, -0.1) is 5.10 Å². The number of nitrogens with zero attached hydrogens (tertiary/aromatic N) is 6. The Morgan fingerprint density at radius 2 is 1.95 bits per heavy atom. The minimum absolute atomic E-state index is 0.237. The number of rotatable bonds is 6. The van der Waals surface area contributed by atoms with Gasteiger partial charge in [-0.05, 0) is 42.5 Å². The fraction of sp³-hybridized carbons (Fsp3) is 0.333. The maximum absolute atomic E-state index is 4.28. The van der Waals surface area contributed by atoms with Gasteiger partial charge in [0.05, 0.1) is 18.3 Å². The SMILES string of the molecule is C[C@H]([C@@H](C)NCc1nnnn1-c1ccccc1)n1cccn1. The van der Waals surface area contributed by atoms with Crippen LogP contribution in [0.1, 0.15) is 25.7 Å². The van der Waals surface area contributed by atoms with Gasteiger partial charge in [0.2, 0.25) is 0 Å². The van der Waals surface area contributed by atoms with E-state index in [0.717, 1.165) is 11.5 Å². The Kier molecular flexibility index (Phi) is 4.24. The van der Waals surface area contributed by atoms with Gasteiger partial charge in [-0.1, -0.05) is 18.2 Å². The first-order chi connectivity index (χ1) is 10.8. The highest BCUT2D eigenvalue weighted by molar-refractivity contribution is 5.30. The first-order valence-electron chi connectivity index (χ1n) is 7.31. The van der Waals surface area contributed by atoms with Gasteiger partial charge < -0.3 is 5.32 Å². The van der Waals surface area contributed by atoms with Gasteiger partial charge in [0.25, 0.3) is 0 Å². The van der Waals surface area contributed by atoms with E-state index in [9.17, 15) is 0 Å². The van der Waals surface area contributed by atoms with E-state index in [4.69, 9.17) is 0 Å². The zero-order valence-electron chi connectivity index (χ0n) is 12.7. The van der Waals surface area contributed by atoms with Crippen LogP contribution in [0.4, 0.5) is 0 Å². The molecule has 0 amide bonds. The molecule has 22 heavy (non-hydrogen) atoms. The maximum Gasteiger partial charge on any atom is 0.170 e. The molecular weight excluding hydrogens is 278 g/mol. The second-order valence-electron chi connectivity index (χ2n) is 5.24. The average molecular weight is 297 g/mol. The fourth-order valence-corrected chi connectivity index (χ4v) is 2.26. The van der Waals surface area contributed by atoms with E-state index in [2.05, 4.69) is 39.8 Å². The molecule has 1 aromatic carbocycles. The molecule has 0 aliphatic rings. The molecule has 0 fully saturated rings. The molecule has 3 rings (SSSR count). The van der Waals surface area contributed by atoms with Crippen molar-refractivity contribution in [2.24, 2.45) is 0 Å². The lowest BCUT2D eigenvalue weighted by atomic mass is 10.2. The van der Waals surface area contributed by atoms with E-state index in [-0.39, 0.29) is 12.1 Å². The molecule has 0 saturated heterocycles. The van der Waals surface area contributed by atoms with Crippen LogP contribution in [0.25, 0.3) is 5.69 Å². The molecule has 114 valence electrons. The number of hydrogen-bond acceptors (Lipinski definition) is 5. The molecule has 0 spiro atoms. The second-order valence-corrected chi connectivity index (χ2v) is 5.24. The van der Waals surface area contributed by atoms with Gasteiger partial charge in [-0.2, -0.15) is 9.78 Å². The summed E-state index contributed by atoms with van der Waals surface area (Å²) in [6.45, 7) is 4.85. The van der Waals surface area contributed by atoms with E-state index in [1.54, 1.807) is 10.9 Å². The molecule has 7 heteroatoms. The minimum Gasteiger partial charge on any atom is -0.305 e. The van der Waals surface area contributed by atoms with Crippen molar-refractivity contribution in [3.8, 4) is 5.69 Å². The van der Waals surface area contributed by atoms with E-state index in [1.165, 1.54) is 0 Å². The molecule has 2 heterocycles. The lowest BCUT2D eigenvalue weighted by Crippen LogP contribution is -2.34. The molecule has 0 unspecified atom stereocenters. The van der Waals surface area contributed by atoms with Crippen LogP contribution in [0.3, 0.4) is 0 Å². The molecule has 0 bridgehead atoms. The summed E-state index contributed by atoms with van der Waals surface area (Å²) < 4.78 is 3.69. The quantitative estimate of drug-likeness (QED) is 0.748. The molecule has 2 atom stereocenters. The van der Waals surface area contributed by atoms with Crippen LogP contribution >= 0.6 is 0 Å². The summed E-state index contributed by atoms with van der Waals surface area (Å²) in [4.78, 5) is 0. The fourth-order valence-electron chi connectivity index (χ4n) is 2.26. The molecule has 0 saturated carbocycles. The highest BCUT2D eigenvalue weighted by Gasteiger charge is 2.15. The number of tetrazole rings is 1. The van der Waals surface area contributed by atoms with E-state index in [1.807, 2.05) is 47.3 Å². The zero-order valence-corrected chi connectivity index (χ0v) is 12.7. The Morgan fingerprint density at radius 1 is 1.14 bits per heavy atom. The third-order valence-electron chi connectivity index (χ3n) is 3.78. The third kappa shape index (κ3) is 3.04. The summed E-state index contributed by atoms with van der Waals surface area (Å²) >= 11 is 0. The first-order valence-corrected chi connectivity index (χ1v) is 7.31. The molecule has 0 aliphatic carbocycles. The van der Waals surface area contributed by atoms with Crippen LogP contribution in [0.15, 0.2) is 48.8 Å². The van der Waals surface area contributed by atoms with Gasteiger partial charge in [0.15, 0.2) is 5.82 Å². The van der Waals surface area contributed by atoms with Gasteiger partial charge in [0.1, 0.15) is 0 Å². The smallest absolute Gasteiger partial charge is 0.170 e. The summed E-state index contributed by atoms with van der Waals surface area (Å²) in [5.41, 5.74) is 0.956. The molecular formula is C15H19N7. The Morgan fingerprint density at radius 3 is 2.68 bits per heavy atom. The minimum atomic E-state index is 0.237. The standard InChI is InChI=1S/C15H19N7/c1-12(13(2)21-10-6-9-17-21)16-11-15-18-19-20-22(15)14-7-4-3-5-8-14/h3-10,12-13,16H,11H2,1-2H3/t12-,13-/m1/s1. The number of hydrogen-bond donors (Lipinski definition) is 1. The summed E-state index contributed by atoms with van der Waals surface area (Å²) in [7, 11) is 0. The normalized spacial score (nSPS) is 13.9. The van der Waals surface area contributed by atoms with Crippen molar-refractivity contribution >= 4 is 0 Å². The van der Waals surface area contributed by atoms with Crippen LogP contribution in [0, 0.1) is 0 Å². The van der Waals surface area contributed by atoms with E-state index < -0.39 is 0 Å². The lowest BCUT2D eigenvalue weighted by molar-refractivity contribution is 0.361. The summed E-state index contributed by atoms with van der Waals surface area (Å²) in [5, 5.41) is 19.7. The zero-order chi connectivity index (χ0) is 15.4. The predicted octanol–water partition coefficient (Wildman–Crippen LogP) is 1.60. The van der Waals surface area contributed by atoms with Crippen molar-refractivity contribution in [1.29, 1.82) is 0 Å². The van der Waals surface area contributed by atoms with Crippen molar-refractivity contribution < 1.29 is 0 Å². The van der Waals surface area contributed by atoms with Crippen molar-refractivity contribution in [3.63, 3.8) is 0 Å². The molecule has 2 aromatic heterocycles. The lowest BCUT2D eigenvalue weighted by Gasteiger charge is -2.21. The Labute approximate surface area is 129 Å². The Bertz CT molecular complexity index is 690. The van der Waals surface area contributed by atoms with Gasteiger partial charge >= 0.3 is 0 Å². The number of benzene rings is 1. The topological polar surface area (TPSA) is 73.5 Å². The van der Waals surface area contributed by atoms with Crippen LogP contribution in [-0.4, -0.2) is 36.0 Å². The summed E-state index contributed by atoms with van der Waals surface area (Å²) in [6, 6.07) is 12.3. The molecule has 7 nitrogen and oxygen atoms in total. The van der Waals surface area contributed by atoms with Crippen LogP contribution in [0.5, 0.6) is 0 Å². The van der Waals surface area contributed by atoms with Gasteiger partial charge in [-0.25, -0.2) is 0 Å². The second kappa shape index (κ2) is 6.48. The molecule has 3 aromatic rings. The number of aromatic nitrogens is 6. The van der Waals surface area contributed by atoms with Gasteiger partial charge in [0, 0.05) is 18.4 Å². The van der Waals surface area contributed by atoms with Crippen LogP contribution < -0.4 is 5.32 Å². The summed E-state index contributed by atoms with van der Waals surface area (Å²) in [5.74, 6) is 0.783. The van der Waals surface area contributed by atoms with Crippen molar-refractivity contribution in [1.82, 2.24) is 35.3 Å². The van der Waals surface area contributed by atoms with E-state index in [0.29, 0.717) is 6.54 Å². The average Bonchev–Trinajstić information content (AvgIpc) is 3.24. The monoisotopic (exact) mass is 297 g/mol. The molecule has 0 radical (unpaired) electrons. The Hall–Kier alpha value is -2.54. The number of para-hydroxylation sites is 1. The van der Waals surface area contributed by atoms with Crippen molar-refractivity contribution in [3.05, 3.63) is 54.6 Å². The van der Waals surface area contributed by atoms with Crippen molar-refractivity contribution in [2.45, 2.75) is 32.5 Å². The highest BCUT2D eigenvalue weighted by Crippen LogP contribution is 2.11. The Balaban J connectivity index is 1.66. The van der Waals surface area contributed by atoms with Crippen molar-refractivity contribution in [2.75, 3.05) is 0 Å². The largest absolute Gasteiger partial charge is 0.305 e. The molecule has 1 N–H and O–H groups in total. The number of nitrogens with one attached hydrogen (secondary N) is 1. The summed E-state index contributed by atoms with van der Waals surface area (Å²) in [6.07, 6.45) is 3.76. The van der Waals surface area contributed by atoms with Crippen LogP contribution in [-0.2, 0) is 6.54 Å². The first kappa shape index (κ1) is 14.4.